The standard InChI is InChI=1S/C22H27NO3/c1-3-5-14-22(25)18-12-9-13-19(26-15-4-2)20(18)21(24)23(22)16-17-10-7-6-8-11-17/h6-13,25H,3-5,14-16H2,1-2H3. The first kappa shape index (κ1) is 18.5. The van der Waals surface area contributed by atoms with Gasteiger partial charge in [0.15, 0.2) is 5.72 Å². The number of unbranched alkanes of at least 4 members (excludes halogenated alkanes) is 1. The summed E-state index contributed by atoms with van der Waals surface area (Å²) in [5, 5.41) is 11.6. The van der Waals surface area contributed by atoms with Crippen LogP contribution in [0.3, 0.4) is 0 Å². The van der Waals surface area contributed by atoms with Crippen molar-refractivity contribution < 1.29 is 14.6 Å². The maximum atomic E-state index is 13.2. The summed E-state index contributed by atoms with van der Waals surface area (Å²) in [6.45, 7) is 5.05. The van der Waals surface area contributed by atoms with E-state index in [2.05, 4.69) is 6.92 Å². The molecule has 138 valence electrons. The number of carbonyl (C=O) groups excluding carboxylic acids is 1. The highest BCUT2D eigenvalue weighted by molar-refractivity contribution is 6.02. The number of rotatable bonds is 8. The van der Waals surface area contributed by atoms with E-state index in [9.17, 15) is 9.90 Å². The van der Waals surface area contributed by atoms with Crippen molar-refractivity contribution in [3.63, 3.8) is 0 Å². The molecule has 1 amide bonds. The molecule has 4 heteroatoms. The average Bonchev–Trinajstić information content (AvgIpc) is 2.88. The molecule has 0 spiro atoms. The van der Waals surface area contributed by atoms with Crippen LogP contribution in [-0.2, 0) is 12.3 Å². The molecular formula is C22H27NO3. The van der Waals surface area contributed by atoms with Crippen molar-refractivity contribution in [3.05, 3.63) is 65.2 Å². The fourth-order valence-corrected chi connectivity index (χ4v) is 3.53. The number of aliphatic hydroxyl groups is 1. The number of amides is 1. The molecule has 3 rings (SSSR count). The zero-order chi connectivity index (χ0) is 18.6. The highest BCUT2D eigenvalue weighted by atomic mass is 16.5. The topological polar surface area (TPSA) is 49.8 Å². The molecule has 0 bridgehead atoms. The zero-order valence-corrected chi connectivity index (χ0v) is 15.6. The summed E-state index contributed by atoms with van der Waals surface area (Å²) in [5.74, 6) is 0.411. The average molecular weight is 353 g/mol. The van der Waals surface area contributed by atoms with Crippen molar-refractivity contribution >= 4 is 5.91 Å². The highest BCUT2D eigenvalue weighted by Crippen LogP contribution is 2.45. The SMILES string of the molecule is CCCCC1(O)c2cccc(OCCC)c2C(=O)N1Cc1ccccc1. The van der Waals surface area contributed by atoms with Crippen LogP contribution in [0.4, 0.5) is 0 Å². The Kier molecular flexibility index (Phi) is 5.62. The van der Waals surface area contributed by atoms with Gasteiger partial charge in [0.2, 0.25) is 0 Å². The van der Waals surface area contributed by atoms with Crippen molar-refractivity contribution in [1.29, 1.82) is 0 Å². The van der Waals surface area contributed by atoms with Crippen LogP contribution in [0, 0.1) is 0 Å². The van der Waals surface area contributed by atoms with Gasteiger partial charge in [0.25, 0.3) is 5.91 Å². The Bertz CT molecular complexity index is 759. The number of fused-ring (bicyclic) bond motifs is 1. The lowest BCUT2D eigenvalue weighted by molar-refractivity contribution is -0.0956. The van der Waals surface area contributed by atoms with Gasteiger partial charge < -0.3 is 14.7 Å². The molecule has 2 aromatic rings. The smallest absolute Gasteiger partial charge is 0.260 e. The zero-order valence-electron chi connectivity index (χ0n) is 15.6. The van der Waals surface area contributed by atoms with Crippen molar-refractivity contribution in [3.8, 4) is 5.75 Å². The van der Waals surface area contributed by atoms with E-state index < -0.39 is 5.72 Å². The van der Waals surface area contributed by atoms with Gasteiger partial charge in [-0.15, -0.1) is 0 Å². The molecule has 0 fully saturated rings. The Morgan fingerprint density at radius 3 is 2.50 bits per heavy atom. The van der Waals surface area contributed by atoms with Crippen LogP contribution in [-0.4, -0.2) is 22.5 Å². The Balaban J connectivity index is 2.02. The molecule has 26 heavy (non-hydrogen) atoms. The monoisotopic (exact) mass is 353 g/mol. The number of hydrogen-bond donors (Lipinski definition) is 1. The lowest BCUT2D eigenvalue weighted by atomic mass is 9.95. The van der Waals surface area contributed by atoms with Crippen LogP contribution in [0.5, 0.6) is 5.75 Å². The summed E-state index contributed by atoms with van der Waals surface area (Å²) in [6.07, 6.45) is 3.18. The van der Waals surface area contributed by atoms with E-state index in [-0.39, 0.29) is 5.91 Å². The van der Waals surface area contributed by atoms with Gasteiger partial charge in [-0.1, -0.05) is 62.7 Å². The van der Waals surface area contributed by atoms with Crippen molar-refractivity contribution in [1.82, 2.24) is 4.90 Å². The Labute approximate surface area is 155 Å². The fraction of sp³-hybridized carbons (Fsp3) is 0.409. The summed E-state index contributed by atoms with van der Waals surface area (Å²) in [5.41, 5.74) is 0.889. The third-order valence-corrected chi connectivity index (χ3v) is 4.89. The normalized spacial score (nSPS) is 18.9. The maximum Gasteiger partial charge on any atom is 0.260 e. The molecule has 1 aliphatic rings. The first-order valence-corrected chi connectivity index (χ1v) is 9.46. The minimum Gasteiger partial charge on any atom is -0.493 e. The van der Waals surface area contributed by atoms with Gasteiger partial charge in [0.1, 0.15) is 5.75 Å². The minimum absolute atomic E-state index is 0.158. The Morgan fingerprint density at radius 1 is 1.04 bits per heavy atom. The molecule has 4 nitrogen and oxygen atoms in total. The number of hydrogen-bond acceptors (Lipinski definition) is 3. The van der Waals surface area contributed by atoms with Crippen LogP contribution >= 0.6 is 0 Å². The Morgan fingerprint density at radius 2 is 1.81 bits per heavy atom. The van der Waals surface area contributed by atoms with Gasteiger partial charge in [-0.05, 0) is 30.9 Å². The molecule has 1 heterocycles. The third-order valence-electron chi connectivity index (χ3n) is 4.89. The summed E-state index contributed by atoms with van der Waals surface area (Å²) in [4.78, 5) is 14.8. The second-order valence-corrected chi connectivity index (χ2v) is 6.82. The summed E-state index contributed by atoms with van der Waals surface area (Å²) >= 11 is 0. The van der Waals surface area contributed by atoms with E-state index in [1.54, 1.807) is 4.90 Å². The van der Waals surface area contributed by atoms with E-state index in [0.29, 0.717) is 36.4 Å². The molecule has 1 atom stereocenters. The second kappa shape index (κ2) is 7.92. The number of carbonyl (C=O) groups is 1. The van der Waals surface area contributed by atoms with Gasteiger partial charge in [0, 0.05) is 12.1 Å². The maximum absolute atomic E-state index is 13.2. The molecule has 1 unspecified atom stereocenters. The molecule has 0 radical (unpaired) electrons. The third kappa shape index (κ3) is 3.34. The number of nitrogens with zero attached hydrogens (tertiary/aromatic N) is 1. The molecule has 0 saturated heterocycles. The first-order chi connectivity index (χ1) is 12.6. The van der Waals surface area contributed by atoms with E-state index in [4.69, 9.17) is 4.74 Å². The molecule has 1 N–H and O–H groups in total. The minimum atomic E-state index is -1.29. The van der Waals surface area contributed by atoms with Crippen LogP contribution < -0.4 is 4.74 Å². The van der Waals surface area contributed by atoms with Gasteiger partial charge in [-0.2, -0.15) is 0 Å². The largest absolute Gasteiger partial charge is 0.493 e. The van der Waals surface area contributed by atoms with Crippen molar-refractivity contribution in [2.45, 2.75) is 51.8 Å². The van der Waals surface area contributed by atoms with E-state index in [0.717, 1.165) is 24.8 Å². The van der Waals surface area contributed by atoms with Gasteiger partial charge in [-0.3, -0.25) is 4.79 Å². The fourth-order valence-electron chi connectivity index (χ4n) is 3.53. The van der Waals surface area contributed by atoms with Gasteiger partial charge in [0.05, 0.1) is 12.2 Å². The Hall–Kier alpha value is -2.33. The number of benzene rings is 2. The van der Waals surface area contributed by atoms with E-state index >= 15 is 0 Å². The van der Waals surface area contributed by atoms with E-state index in [1.165, 1.54) is 0 Å². The van der Waals surface area contributed by atoms with Crippen LogP contribution in [0.1, 0.15) is 61.0 Å². The second-order valence-electron chi connectivity index (χ2n) is 6.82. The van der Waals surface area contributed by atoms with E-state index in [1.807, 2.05) is 55.5 Å². The van der Waals surface area contributed by atoms with Crippen molar-refractivity contribution in [2.24, 2.45) is 0 Å². The predicted octanol–water partition coefficient (Wildman–Crippen LogP) is 4.47. The van der Waals surface area contributed by atoms with Crippen molar-refractivity contribution in [2.75, 3.05) is 6.61 Å². The predicted molar refractivity (Wildman–Crippen MR) is 102 cm³/mol. The quantitative estimate of drug-likeness (QED) is 0.762. The molecule has 0 saturated carbocycles. The van der Waals surface area contributed by atoms with Gasteiger partial charge in [-0.25, -0.2) is 0 Å². The summed E-state index contributed by atoms with van der Waals surface area (Å²) in [6, 6.07) is 15.3. The van der Waals surface area contributed by atoms with Crippen LogP contribution in [0.25, 0.3) is 0 Å². The molecular weight excluding hydrogens is 326 g/mol. The van der Waals surface area contributed by atoms with Gasteiger partial charge >= 0.3 is 0 Å². The molecule has 2 aromatic carbocycles. The molecule has 1 aliphatic heterocycles. The summed E-state index contributed by atoms with van der Waals surface area (Å²) in [7, 11) is 0. The first-order valence-electron chi connectivity index (χ1n) is 9.46. The highest BCUT2D eigenvalue weighted by Gasteiger charge is 2.49. The summed E-state index contributed by atoms with van der Waals surface area (Å²) < 4.78 is 5.81. The number of ether oxygens (including phenoxy) is 1. The van der Waals surface area contributed by atoms with Crippen LogP contribution in [0.2, 0.25) is 0 Å². The lowest BCUT2D eigenvalue weighted by Crippen LogP contribution is -2.43. The van der Waals surface area contributed by atoms with Crippen LogP contribution in [0.15, 0.2) is 48.5 Å². The molecule has 0 aromatic heterocycles. The lowest BCUT2D eigenvalue weighted by Gasteiger charge is -2.34. The molecule has 0 aliphatic carbocycles.